The summed E-state index contributed by atoms with van der Waals surface area (Å²) < 4.78 is 0. The summed E-state index contributed by atoms with van der Waals surface area (Å²) in [6.07, 6.45) is 0.0110. The summed E-state index contributed by atoms with van der Waals surface area (Å²) in [4.78, 5) is 20.6. The topological polar surface area (TPSA) is 63.1 Å². The molecule has 0 saturated heterocycles. The third-order valence-corrected chi connectivity index (χ3v) is 4.20. The highest BCUT2D eigenvalue weighted by molar-refractivity contribution is 7.15. The lowest BCUT2D eigenvalue weighted by atomic mass is 10.2. The number of fused-ring (bicyclic) bond motifs is 1. The maximum atomic E-state index is 10.8. The Hall–Kier alpha value is -2.27. The van der Waals surface area contributed by atoms with Gasteiger partial charge in [-0.3, -0.25) is 4.79 Å². The predicted molar refractivity (Wildman–Crippen MR) is 78.9 cm³/mol. The average molecular weight is 284 g/mol. The lowest BCUT2D eigenvalue weighted by Crippen LogP contribution is -1.99. The molecule has 0 aliphatic carbocycles. The monoisotopic (exact) mass is 284 g/mol. The van der Waals surface area contributed by atoms with Crippen LogP contribution < -0.4 is 0 Å². The van der Waals surface area contributed by atoms with Crippen molar-refractivity contribution in [1.82, 2.24) is 9.97 Å². The molecule has 0 atom stereocenters. The van der Waals surface area contributed by atoms with Crippen LogP contribution in [0, 0.1) is 6.92 Å². The normalized spacial score (nSPS) is 10.8. The van der Waals surface area contributed by atoms with E-state index in [1.54, 1.807) is 0 Å². The summed E-state index contributed by atoms with van der Waals surface area (Å²) >= 11 is 1.40. The minimum absolute atomic E-state index is 0.0110. The van der Waals surface area contributed by atoms with Crippen molar-refractivity contribution in [2.75, 3.05) is 0 Å². The molecular formula is C15H12N2O2S. The van der Waals surface area contributed by atoms with Crippen LogP contribution in [0.4, 0.5) is 0 Å². The number of carbonyl (C=O) groups is 1. The minimum atomic E-state index is -0.838. The van der Waals surface area contributed by atoms with Crippen molar-refractivity contribution in [2.24, 2.45) is 0 Å². The molecule has 20 heavy (non-hydrogen) atoms. The minimum Gasteiger partial charge on any atom is -0.481 e. The molecule has 1 aromatic carbocycles. The summed E-state index contributed by atoms with van der Waals surface area (Å²) in [6, 6.07) is 11.8. The van der Waals surface area contributed by atoms with E-state index in [2.05, 4.69) is 9.97 Å². The average Bonchev–Trinajstić information content (AvgIpc) is 2.79. The lowest BCUT2D eigenvalue weighted by Gasteiger charge is -1.99. The fourth-order valence-corrected chi connectivity index (χ4v) is 3.05. The van der Waals surface area contributed by atoms with Gasteiger partial charge in [0.2, 0.25) is 0 Å². The molecule has 100 valence electrons. The molecule has 0 spiro atoms. The van der Waals surface area contributed by atoms with Gasteiger partial charge in [-0.1, -0.05) is 24.3 Å². The van der Waals surface area contributed by atoms with Crippen LogP contribution in [0.2, 0.25) is 0 Å². The van der Waals surface area contributed by atoms with Gasteiger partial charge in [0.15, 0.2) is 0 Å². The Labute approximate surface area is 119 Å². The molecule has 1 N–H and O–H groups in total. The van der Waals surface area contributed by atoms with Crippen molar-refractivity contribution >= 4 is 28.2 Å². The zero-order valence-corrected chi connectivity index (χ0v) is 11.6. The first-order valence-electron chi connectivity index (χ1n) is 6.18. The van der Waals surface area contributed by atoms with E-state index in [1.807, 2.05) is 43.3 Å². The number of nitrogens with zero attached hydrogens (tertiary/aromatic N) is 2. The molecule has 0 fully saturated rings. The molecule has 2 aromatic heterocycles. The van der Waals surface area contributed by atoms with Gasteiger partial charge in [-0.2, -0.15) is 0 Å². The van der Waals surface area contributed by atoms with E-state index in [1.165, 1.54) is 11.3 Å². The second-order valence-corrected chi connectivity index (χ2v) is 5.57. The molecular weight excluding hydrogens is 272 g/mol. The fraction of sp³-hybridized carbons (Fsp3) is 0.133. The van der Waals surface area contributed by atoms with Gasteiger partial charge in [0, 0.05) is 10.3 Å². The Bertz CT molecular complexity index is 795. The number of para-hydroxylation sites is 1. The van der Waals surface area contributed by atoms with Crippen molar-refractivity contribution in [3.8, 4) is 10.7 Å². The lowest BCUT2D eigenvalue weighted by molar-refractivity contribution is -0.136. The van der Waals surface area contributed by atoms with E-state index in [4.69, 9.17) is 5.11 Å². The Morgan fingerprint density at radius 3 is 2.80 bits per heavy atom. The molecule has 5 heteroatoms. The second kappa shape index (κ2) is 5.02. The highest BCUT2D eigenvalue weighted by atomic mass is 32.1. The van der Waals surface area contributed by atoms with Gasteiger partial charge in [0.1, 0.15) is 5.01 Å². The molecule has 0 aliphatic heterocycles. The first-order valence-corrected chi connectivity index (χ1v) is 6.99. The molecule has 4 nitrogen and oxygen atoms in total. The summed E-state index contributed by atoms with van der Waals surface area (Å²) in [5.41, 5.74) is 2.47. The summed E-state index contributed by atoms with van der Waals surface area (Å²) in [7, 11) is 0. The number of aromatic nitrogens is 2. The number of benzene rings is 1. The second-order valence-electron chi connectivity index (χ2n) is 4.49. The summed E-state index contributed by atoms with van der Waals surface area (Å²) in [6.45, 7) is 1.83. The first-order chi connectivity index (χ1) is 9.63. The van der Waals surface area contributed by atoms with E-state index < -0.39 is 5.97 Å². The van der Waals surface area contributed by atoms with Crippen LogP contribution in [0.15, 0.2) is 36.4 Å². The van der Waals surface area contributed by atoms with Crippen LogP contribution in [-0.2, 0) is 11.2 Å². The standard InChI is InChI=1S/C15H12N2O2S/c1-9-13(8-14(18)19)20-15(16-9)12-7-6-10-4-2-3-5-11(10)17-12/h2-7H,8H2,1H3,(H,18,19). The largest absolute Gasteiger partial charge is 0.481 e. The Morgan fingerprint density at radius 2 is 2.00 bits per heavy atom. The van der Waals surface area contributed by atoms with Crippen molar-refractivity contribution in [3.63, 3.8) is 0 Å². The van der Waals surface area contributed by atoms with Gasteiger partial charge in [-0.05, 0) is 19.1 Å². The smallest absolute Gasteiger partial charge is 0.308 e. The van der Waals surface area contributed by atoms with Gasteiger partial charge in [0.25, 0.3) is 0 Å². The predicted octanol–water partition coefficient (Wildman–Crippen LogP) is 3.29. The highest BCUT2D eigenvalue weighted by Gasteiger charge is 2.13. The Kier molecular flexibility index (Phi) is 3.20. The third kappa shape index (κ3) is 2.40. The van der Waals surface area contributed by atoms with E-state index in [9.17, 15) is 4.79 Å². The van der Waals surface area contributed by atoms with E-state index in [0.717, 1.165) is 32.2 Å². The Morgan fingerprint density at radius 1 is 1.20 bits per heavy atom. The van der Waals surface area contributed by atoms with Crippen LogP contribution >= 0.6 is 11.3 Å². The van der Waals surface area contributed by atoms with Gasteiger partial charge >= 0.3 is 5.97 Å². The van der Waals surface area contributed by atoms with Gasteiger partial charge in [-0.15, -0.1) is 11.3 Å². The quantitative estimate of drug-likeness (QED) is 0.801. The molecule has 0 bridgehead atoms. The number of rotatable bonds is 3. The van der Waals surface area contributed by atoms with Crippen LogP contribution in [0.3, 0.4) is 0 Å². The molecule has 3 rings (SSSR count). The van der Waals surface area contributed by atoms with Crippen LogP contribution in [-0.4, -0.2) is 21.0 Å². The van der Waals surface area contributed by atoms with E-state index in [-0.39, 0.29) is 6.42 Å². The molecule has 2 heterocycles. The van der Waals surface area contributed by atoms with E-state index in [0.29, 0.717) is 0 Å². The highest BCUT2D eigenvalue weighted by Crippen LogP contribution is 2.28. The van der Waals surface area contributed by atoms with Crippen LogP contribution in [0.5, 0.6) is 0 Å². The Balaban J connectivity index is 2.04. The van der Waals surface area contributed by atoms with Crippen molar-refractivity contribution in [1.29, 1.82) is 0 Å². The zero-order valence-electron chi connectivity index (χ0n) is 10.8. The third-order valence-electron chi connectivity index (χ3n) is 3.02. The van der Waals surface area contributed by atoms with Gasteiger partial charge < -0.3 is 5.11 Å². The van der Waals surface area contributed by atoms with Gasteiger partial charge in [-0.25, -0.2) is 9.97 Å². The maximum Gasteiger partial charge on any atom is 0.308 e. The number of pyridine rings is 1. The SMILES string of the molecule is Cc1nc(-c2ccc3ccccc3n2)sc1CC(=O)O. The van der Waals surface area contributed by atoms with Gasteiger partial charge in [0.05, 0.1) is 23.3 Å². The molecule has 0 unspecified atom stereocenters. The molecule has 0 aliphatic rings. The van der Waals surface area contributed by atoms with Crippen molar-refractivity contribution < 1.29 is 9.90 Å². The molecule has 0 amide bonds. The number of carboxylic acids is 1. The first kappa shape index (κ1) is 12.7. The maximum absolute atomic E-state index is 10.8. The summed E-state index contributed by atoms with van der Waals surface area (Å²) in [5.74, 6) is -0.838. The number of aryl methyl sites for hydroxylation is 1. The van der Waals surface area contributed by atoms with Crippen molar-refractivity contribution in [2.45, 2.75) is 13.3 Å². The van der Waals surface area contributed by atoms with E-state index >= 15 is 0 Å². The fourth-order valence-electron chi connectivity index (χ4n) is 2.02. The summed E-state index contributed by atoms with van der Waals surface area (Å²) in [5, 5.41) is 10.7. The number of thiazole rings is 1. The molecule has 0 radical (unpaired) electrons. The van der Waals surface area contributed by atoms with Crippen LogP contribution in [0.1, 0.15) is 10.6 Å². The number of hydrogen-bond donors (Lipinski definition) is 1. The molecule has 0 saturated carbocycles. The number of hydrogen-bond acceptors (Lipinski definition) is 4. The number of aliphatic carboxylic acids is 1. The van der Waals surface area contributed by atoms with Crippen molar-refractivity contribution in [3.05, 3.63) is 47.0 Å². The molecule has 3 aromatic rings. The van der Waals surface area contributed by atoms with Crippen LogP contribution in [0.25, 0.3) is 21.6 Å². The number of carboxylic acid groups (broad SMARTS) is 1. The zero-order chi connectivity index (χ0) is 14.1.